The smallest absolute Gasteiger partial charge is 0.244 e. The third-order valence-corrected chi connectivity index (χ3v) is 5.18. The Balaban J connectivity index is 1.44. The molecule has 1 amide bonds. The molecule has 0 unspecified atom stereocenters. The number of carbonyl (C=O) groups excluding carboxylic acids is 1. The van der Waals surface area contributed by atoms with E-state index in [0.717, 1.165) is 24.2 Å². The molecule has 0 radical (unpaired) electrons. The predicted octanol–water partition coefficient (Wildman–Crippen LogP) is 2.06. The maximum absolute atomic E-state index is 12.9. The molecule has 0 aliphatic carbocycles. The maximum atomic E-state index is 12.9. The van der Waals surface area contributed by atoms with E-state index in [1.807, 2.05) is 42.2 Å². The zero-order valence-electron chi connectivity index (χ0n) is 16.7. The minimum Gasteiger partial charge on any atom is -0.341 e. The van der Waals surface area contributed by atoms with Crippen LogP contribution in [-0.4, -0.2) is 48.8 Å². The van der Waals surface area contributed by atoms with Crippen molar-refractivity contribution < 1.29 is 9.32 Å². The van der Waals surface area contributed by atoms with E-state index in [1.54, 1.807) is 11.6 Å². The third-order valence-electron chi connectivity index (χ3n) is 5.18. The molecule has 1 aromatic carbocycles. The number of rotatable bonds is 5. The number of benzene rings is 1. The summed E-state index contributed by atoms with van der Waals surface area (Å²) < 4.78 is 6.70. The van der Waals surface area contributed by atoms with Crippen LogP contribution in [0, 0.1) is 6.92 Å². The summed E-state index contributed by atoms with van der Waals surface area (Å²) in [6.07, 6.45) is 1.63. The molecule has 0 spiro atoms. The van der Waals surface area contributed by atoms with Gasteiger partial charge in [0.05, 0.1) is 6.04 Å². The first-order valence-corrected chi connectivity index (χ1v) is 9.85. The van der Waals surface area contributed by atoms with Crippen LogP contribution in [0.1, 0.15) is 49.3 Å². The first kappa shape index (κ1) is 19.3. The van der Waals surface area contributed by atoms with E-state index >= 15 is 0 Å². The van der Waals surface area contributed by atoms with E-state index in [2.05, 4.69) is 20.2 Å². The second-order valence-electron chi connectivity index (χ2n) is 7.43. The molecule has 1 aliphatic heterocycles. The number of amides is 1. The van der Waals surface area contributed by atoms with Gasteiger partial charge >= 0.3 is 0 Å². The summed E-state index contributed by atoms with van der Waals surface area (Å²) >= 11 is 0. The fourth-order valence-electron chi connectivity index (χ4n) is 3.61. The maximum Gasteiger partial charge on any atom is 0.244 e. The van der Waals surface area contributed by atoms with Gasteiger partial charge in [0.15, 0.2) is 11.6 Å². The number of carbonyl (C=O) groups is 1. The van der Waals surface area contributed by atoms with Gasteiger partial charge in [0.25, 0.3) is 0 Å². The summed E-state index contributed by atoms with van der Waals surface area (Å²) in [5.41, 5.74) is 6.97. The average molecular weight is 395 g/mol. The van der Waals surface area contributed by atoms with E-state index in [9.17, 15) is 4.79 Å². The molecule has 1 aliphatic rings. The van der Waals surface area contributed by atoms with Crippen LogP contribution in [-0.2, 0) is 11.3 Å². The topological polar surface area (TPSA) is 116 Å². The Kier molecular flexibility index (Phi) is 5.39. The summed E-state index contributed by atoms with van der Waals surface area (Å²) in [7, 11) is 0. The molecule has 1 atom stereocenters. The van der Waals surface area contributed by atoms with Crippen LogP contribution < -0.4 is 5.73 Å². The van der Waals surface area contributed by atoms with Gasteiger partial charge in [-0.05, 0) is 19.8 Å². The normalized spacial score (nSPS) is 16.2. The van der Waals surface area contributed by atoms with Crippen LogP contribution in [0.2, 0.25) is 0 Å². The molecular weight excluding hydrogens is 370 g/mol. The molecule has 1 fully saturated rings. The Hall–Kier alpha value is -3.07. The zero-order chi connectivity index (χ0) is 20.4. The van der Waals surface area contributed by atoms with Crippen LogP contribution in [0.5, 0.6) is 0 Å². The predicted molar refractivity (Wildman–Crippen MR) is 106 cm³/mol. The van der Waals surface area contributed by atoms with Crippen molar-refractivity contribution in [2.45, 2.75) is 45.2 Å². The monoisotopic (exact) mass is 395 g/mol. The van der Waals surface area contributed by atoms with E-state index < -0.39 is 0 Å². The molecule has 0 bridgehead atoms. The Morgan fingerprint density at radius 1 is 1.24 bits per heavy atom. The summed E-state index contributed by atoms with van der Waals surface area (Å²) in [6, 6.07) is 9.37. The quantitative estimate of drug-likeness (QED) is 0.703. The molecular formula is C20H25N7O2. The van der Waals surface area contributed by atoms with Crippen LogP contribution in [0.4, 0.5) is 0 Å². The van der Waals surface area contributed by atoms with Crippen LogP contribution in [0.3, 0.4) is 0 Å². The van der Waals surface area contributed by atoms with Crippen molar-refractivity contribution in [3.05, 3.63) is 47.9 Å². The summed E-state index contributed by atoms with van der Waals surface area (Å²) in [4.78, 5) is 23.6. The second-order valence-corrected chi connectivity index (χ2v) is 7.43. The number of aromatic nitrogens is 5. The highest BCUT2D eigenvalue weighted by atomic mass is 16.5. The molecule has 29 heavy (non-hydrogen) atoms. The van der Waals surface area contributed by atoms with Crippen molar-refractivity contribution in [1.82, 2.24) is 29.8 Å². The lowest BCUT2D eigenvalue weighted by atomic mass is 9.96. The third kappa shape index (κ3) is 4.19. The standard InChI is InChI=1S/C20H25N7O2/c1-13(21)20-23-18(15-6-4-3-5-7-15)24-27(20)12-17(28)26-10-8-16(9-11-26)19-22-14(2)29-25-19/h3-7,13,16H,8-12,21H2,1-2H3/t13-/m0/s1. The largest absolute Gasteiger partial charge is 0.341 e. The molecule has 2 N–H and O–H groups in total. The molecule has 1 saturated heterocycles. The number of hydrogen-bond acceptors (Lipinski definition) is 7. The van der Waals surface area contributed by atoms with Gasteiger partial charge in [-0.15, -0.1) is 0 Å². The van der Waals surface area contributed by atoms with Gasteiger partial charge < -0.3 is 15.2 Å². The van der Waals surface area contributed by atoms with E-state index in [0.29, 0.717) is 30.6 Å². The van der Waals surface area contributed by atoms with Crippen molar-refractivity contribution >= 4 is 5.91 Å². The molecule has 9 nitrogen and oxygen atoms in total. The van der Waals surface area contributed by atoms with Crippen molar-refractivity contribution in [2.75, 3.05) is 13.1 Å². The molecule has 3 heterocycles. The van der Waals surface area contributed by atoms with Crippen LogP contribution in [0.25, 0.3) is 11.4 Å². The minimum absolute atomic E-state index is 0.0131. The lowest BCUT2D eigenvalue weighted by Gasteiger charge is -2.30. The molecule has 3 aromatic rings. The average Bonchev–Trinajstić information content (AvgIpc) is 3.35. The van der Waals surface area contributed by atoms with Crippen LogP contribution in [0.15, 0.2) is 34.9 Å². The number of piperidine rings is 1. The zero-order valence-corrected chi connectivity index (χ0v) is 16.7. The summed E-state index contributed by atoms with van der Waals surface area (Å²) in [6.45, 7) is 5.07. The lowest BCUT2D eigenvalue weighted by Crippen LogP contribution is -2.40. The first-order chi connectivity index (χ1) is 14.0. The summed E-state index contributed by atoms with van der Waals surface area (Å²) in [5, 5.41) is 8.56. The Labute approximate surface area is 168 Å². The molecule has 152 valence electrons. The fourth-order valence-corrected chi connectivity index (χ4v) is 3.61. The van der Waals surface area contributed by atoms with Gasteiger partial charge in [-0.3, -0.25) is 4.79 Å². The molecule has 4 rings (SSSR count). The van der Waals surface area contributed by atoms with Gasteiger partial charge in [-0.2, -0.15) is 10.1 Å². The fraction of sp³-hybridized carbons (Fsp3) is 0.450. The number of hydrogen-bond donors (Lipinski definition) is 1. The van der Waals surface area contributed by atoms with Crippen molar-refractivity contribution in [2.24, 2.45) is 5.73 Å². The molecule has 0 saturated carbocycles. The summed E-state index contributed by atoms with van der Waals surface area (Å²) in [5.74, 6) is 2.73. The number of likely N-dealkylation sites (tertiary alicyclic amines) is 1. The number of nitrogens with two attached hydrogens (primary N) is 1. The van der Waals surface area contributed by atoms with Gasteiger partial charge in [-0.25, -0.2) is 9.67 Å². The van der Waals surface area contributed by atoms with Gasteiger partial charge in [-0.1, -0.05) is 35.5 Å². The highest BCUT2D eigenvalue weighted by Gasteiger charge is 2.27. The SMILES string of the molecule is Cc1nc(C2CCN(C(=O)Cn3nc(-c4ccccc4)nc3[C@H](C)N)CC2)no1. The van der Waals surface area contributed by atoms with E-state index in [4.69, 9.17) is 10.3 Å². The van der Waals surface area contributed by atoms with Crippen molar-refractivity contribution in [3.8, 4) is 11.4 Å². The lowest BCUT2D eigenvalue weighted by molar-refractivity contribution is -0.133. The van der Waals surface area contributed by atoms with E-state index in [-0.39, 0.29) is 24.4 Å². The molecule has 9 heteroatoms. The highest BCUT2D eigenvalue weighted by Crippen LogP contribution is 2.26. The van der Waals surface area contributed by atoms with Crippen molar-refractivity contribution in [1.29, 1.82) is 0 Å². The molecule has 2 aromatic heterocycles. The Morgan fingerprint density at radius 2 is 1.97 bits per heavy atom. The van der Waals surface area contributed by atoms with Crippen molar-refractivity contribution in [3.63, 3.8) is 0 Å². The Bertz CT molecular complexity index is 972. The first-order valence-electron chi connectivity index (χ1n) is 9.85. The Morgan fingerprint density at radius 3 is 2.59 bits per heavy atom. The minimum atomic E-state index is -0.319. The van der Waals surface area contributed by atoms with Gasteiger partial charge in [0.2, 0.25) is 11.8 Å². The van der Waals surface area contributed by atoms with Gasteiger partial charge in [0, 0.05) is 31.5 Å². The van der Waals surface area contributed by atoms with Gasteiger partial charge in [0.1, 0.15) is 12.4 Å². The number of aryl methyl sites for hydroxylation is 1. The van der Waals surface area contributed by atoms with Crippen LogP contribution >= 0.6 is 0 Å². The van der Waals surface area contributed by atoms with E-state index in [1.165, 1.54) is 0 Å². The second kappa shape index (κ2) is 8.12. The number of nitrogens with zero attached hydrogens (tertiary/aromatic N) is 6. The highest BCUT2D eigenvalue weighted by molar-refractivity contribution is 5.76.